The molecule has 1 aliphatic rings. The number of fused-ring (bicyclic) bond motifs is 1. The van der Waals surface area contributed by atoms with Crippen LogP contribution in [0.15, 0.2) is 91.0 Å². The largest absolute Gasteiger partial charge is 0.490 e. The summed E-state index contributed by atoms with van der Waals surface area (Å²) >= 11 is 6.09. The number of hydrogen-bond acceptors (Lipinski definition) is 5. The minimum Gasteiger partial charge on any atom is -0.475 e. The van der Waals surface area contributed by atoms with Crippen LogP contribution in [0.1, 0.15) is 39.4 Å². The number of esters is 1. The number of benzene rings is 4. The number of nitrogens with one attached hydrogen (secondary N) is 1. The molecule has 0 aromatic heterocycles. The van der Waals surface area contributed by atoms with E-state index >= 15 is 0 Å². The molecule has 0 bridgehead atoms. The minimum atomic E-state index is -5.08. The lowest BCUT2D eigenvalue weighted by atomic mass is 9.87. The predicted octanol–water partition coefficient (Wildman–Crippen LogP) is 7.15. The Labute approximate surface area is 246 Å². The van der Waals surface area contributed by atoms with E-state index in [0.29, 0.717) is 23.1 Å². The first-order valence-electron chi connectivity index (χ1n) is 13.2. The van der Waals surface area contributed by atoms with E-state index in [4.69, 9.17) is 31.0 Å². The third-order valence-electron chi connectivity index (χ3n) is 6.82. The zero-order chi connectivity index (χ0) is 30.1. The van der Waals surface area contributed by atoms with Crippen molar-refractivity contribution in [3.8, 4) is 0 Å². The summed E-state index contributed by atoms with van der Waals surface area (Å²) in [5.74, 6) is -2.86. The molecule has 1 heterocycles. The van der Waals surface area contributed by atoms with Gasteiger partial charge in [-0.25, -0.2) is 9.59 Å². The van der Waals surface area contributed by atoms with Crippen molar-refractivity contribution >= 4 is 34.3 Å². The van der Waals surface area contributed by atoms with E-state index in [0.717, 1.165) is 25.1 Å². The summed E-state index contributed by atoms with van der Waals surface area (Å²) in [6.45, 7) is 2.59. The van der Waals surface area contributed by atoms with Crippen molar-refractivity contribution in [1.82, 2.24) is 5.32 Å². The fraction of sp³-hybridized carbons (Fsp3) is 0.250. The molecule has 10 heteroatoms. The van der Waals surface area contributed by atoms with Gasteiger partial charge in [0.15, 0.2) is 0 Å². The van der Waals surface area contributed by atoms with E-state index in [1.165, 1.54) is 21.9 Å². The summed E-state index contributed by atoms with van der Waals surface area (Å²) in [6.07, 6.45) is -3.97. The summed E-state index contributed by atoms with van der Waals surface area (Å²) in [4.78, 5) is 21.2. The van der Waals surface area contributed by atoms with Gasteiger partial charge in [-0.05, 0) is 58.6 Å². The summed E-state index contributed by atoms with van der Waals surface area (Å²) in [5, 5.41) is 13.5. The first-order chi connectivity index (χ1) is 20.1. The SMILES string of the molecule is O=C(O)C(F)(F)F.O=C(OCc1ccc(C2CCNCC2OCc2ccc3ccccc3c2)cc1)c1ccccc1Cl. The van der Waals surface area contributed by atoms with Gasteiger partial charge in [-0.15, -0.1) is 0 Å². The summed E-state index contributed by atoms with van der Waals surface area (Å²) in [7, 11) is 0. The summed E-state index contributed by atoms with van der Waals surface area (Å²) < 4.78 is 43.6. The van der Waals surface area contributed by atoms with Crippen LogP contribution in [0.25, 0.3) is 10.8 Å². The average Bonchev–Trinajstić information content (AvgIpc) is 2.99. The third-order valence-corrected chi connectivity index (χ3v) is 7.15. The molecule has 42 heavy (non-hydrogen) atoms. The lowest BCUT2D eigenvalue weighted by Gasteiger charge is -2.32. The Bertz CT molecular complexity index is 1510. The van der Waals surface area contributed by atoms with Crippen LogP contribution in [0.5, 0.6) is 0 Å². The maximum atomic E-state index is 12.3. The highest BCUT2D eigenvalue weighted by Crippen LogP contribution is 2.29. The van der Waals surface area contributed by atoms with Gasteiger partial charge in [0.25, 0.3) is 0 Å². The molecule has 1 saturated heterocycles. The van der Waals surface area contributed by atoms with E-state index in [1.54, 1.807) is 24.3 Å². The molecule has 2 unspecified atom stereocenters. The molecule has 0 radical (unpaired) electrons. The number of aliphatic carboxylic acids is 1. The number of carboxylic acids is 1. The topological polar surface area (TPSA) is 84.9 Å². The molecule has 2 atom stereocenters. The molecule has 0 amide bonds. The Morgan fingerprint density at radius 3 is 2.21 bits per heavy atom. The first kappa shape index (κ1) is 31.0. The van der Waals surface area contributed by atoms with Gasteiger partial charge in [0, 0.05) is 12.5 Å². The molecule has 4 aromatic rings. The number of carbonyl (C=O) groups excluding carboxylic acids is 1. The highest BCUT2D eigenvalue weighted by Gasteiger charge is 2.38. The van der Waals surface area contributed by atoms with Crippen molar-refractivity contribution in [2.24, 2.45) is 0 Å². The number of ether oxygens (including phenoxy) is 2. The van der Waals surface area contributed by atoms with Crippen molar-refractivity contribution < 1.29 is 37.3 Å². The highest BCUT2D eigenvalue weighted by atomic mass is 35.5. The second kappa shape index (κ2) is 14.3. The van der Waals surface area contributed by atoms with Crippen molar-refractivity contribution in [1.29, 1.82) is 0 Å². The second-order valence-electron chi connectivity index (χ2n) is 9.73. The fourth-order valence-electron chi connectivity index (χ4n) is 4.63. The lowest BCUT2D eigenvalue weighted by molar-refractivity contribution is -0.192. The molecule has 4 aromatic carbocycles. The molecule has 6 nitrogen and oxygen atoms in total. The number of carbonyl (C=O) groups is 2. The minimum absolute atomic E-state index is 0.0964. The molecule has 0 spiro atoms. The summed E-state index contributed by atoms with van der Waals surface area (Å²) in [6, 6.07) is 30.1. The maximum absolute atomic E-state index is 12.3. The Hall–Kier alpha value is -3.92. The van der Waals surface area contributed by atoms with Gasteiger partial charge in [-0.2, -0.15) is 13.2 Å². The number of piperidine rings is 1. The van der Waals surface area contributed by atoms with Crippen LogP contribution in [0.4, 0.5) is 13.2 Å². The first-order valence-corrected chi connectivity index (χ1v) is 13.6. The zero-order valence-corrected chi connectivity index (χ0v) is 23.2. The average molecular weight is 600 g/mol. The van der Waals surface area contributed by atoms with Crippen LogP contribution in [-0.4, -0.2) is 42.4 Å². The monoisotopic (exact) mass is 599 g/mol. The molecular formula is C32H29ClF3NO5. The Kier molecular flexibility index (Phi) is 10.6. The van der Waals surface area contributed by atoms with Crippen LogP contribution in [-0.2, 0) is 27.5 Å². The van der Waals surface area contributed by atoms with Gasteiger partial charge in [0.05, 0.1) is 23.3 Å². The molecule has 5 rings (SSSR count). The van der Waals surface area contributed by atoms with Crippen molar-refractivity contribution in [2.75, 3.05) is 13.1 Å². The Morgan fingerprint density at radius 2 is 1.52 bits per heavy atom. The molecular weight excluding hydrogens is 571 g/mol. The van der Waals surface area contributed by atoms with Crippen LogP contribution >= 0.6 is 11.6 Å². The van der Waals surface area contributed by atoms with E-state index in [1.807, 2.05) is 12.1 Å². The molecule has 0 saturated carbocycles. The normalized spacial score (nSPS) is 16.8. The quantitative estimate of drug-likeness (QED) is 0.220. The number of alkyl halides is 3. The molecule has 0 aliphatic carbocycles. The predicted molar refractivity (Wildman–Crippen MR) is 153 cm³/mol. The van der Waals surface area contributed by atoms with Gasteiger partial charge in [-0.3, -0.25) is 0 Å². The smallest absolute Gasteiger partial charge is 0.475 e. The second-order valence-corrected chi connectivity index (χ2v) is 10.1. The van der Waals surface area contributed by atoms with Gasteiger partial charge >= 0.3 is 18.1 Å². The Morgan fingerprint density at radius 1 is 0.881 bits per heavy atom. The zero-order valence-electron chi connectivity index (χ0n) is 22.4. The fourth-order valence-corrected chi connectivity index (χ4v) is 4.85. The number of halogens is 4. The van der Waals surface area contributed by atoms with Crippen molar-refractivity contribution in [3.63, 3.8) is 0 Å². The van der Waals surface area contributed by atoms with Crippen LogP contribution in [0.3, 0.4) is 0 Å². The molecule has 2 N–H and O–H groups in total. The number of carboxylic acid groups (broad SMARTS) is 1. The number of rotatable bonds is 7. The van der Waals surface area contributed by atoms with Gasteiger partial charge in [-0.1, -0.05) is 84.4 Å². The molecule has 1 fully saturated rings. The number of hydrogen-bond donors (Lipinski definition) is 2. The summed E-state index contributed by atoms with van der Waals surface area (Å²) in [5.41, 5.74) is 3.75. The van der Waals surface area contributed by atoms with Crippen molar-refractivity contribution in [3.05, 3.63) is 118 Å². The van der Waals surface area contributed by atoms with Gasteiger partial charge in [0.2, 0.25) is 0 Å². The maximum Gasteiger partial charge on any atom is 0.490 e. The Balaban J connectivity index is 0.000000517. The van der Waals surface area contributed by atoms with E-state index < -0.39 is 18.1 Å². The van der Waals surface area contributed by atoms with E-state index in [9.17, 15) is 18.0 Å². The molecule has 220 valence electrons. The van der Waals surface area contributed by atoms with E-state index in [-0.39, 0.29) is 12.7 Å². The highest BCUT2D eigenvalue weighted by molar-refractivity contribution is 6.33. The van der Waals surface area contributed by atoms with Gasteiger partial charge in [0.1, 0.15) is 6.61 Å². The van der Waals surface area contributed by atoms with Crippen LogP contribution < -0.4 is 5.32 Å². The van der Waals surface area contributed by atoms with Crippen LogP contribution in [0.2, 0.25) is 5.02 Å². The standard InChI is InChI=1S/C30H28ClNO3.C2HF3O2/c31-28-8-4-3-7-27(28)30(33)35-19-21-9-13-24(14-10-21)26-15-16-32-18-29(26)34-20-22-11-12-23-5-1-2-6-25(23)17-22;3-2(4,5)1(6)7/h1-14,17,26,29,32H,15-16,18-20H2;(H,6,7). The molecule has 1 aliphatic heterocycles. The third kappa shape index (κ3) is 8.55. The lowest BCUT2D eigenvalue weighted by Crippen LogP contribution is -2.40. The van der Waals surface area contributed by atoms with Gasteiger partial charge < -0.3 is 19.9 Å². The van der Waals surface area contributed by atoms with Crippen LogP contribution in [0, 0.1) is 0 Å². The van der Waals surface area contributed by atoms with Crippen molar-refractivity contribution in [2.45, 2.75) is 37.8 Å². The van der Waals surface area contributed by atoms with E-state index in [2.05, 4.69) is 59.9 Å².